The van der Waals surface area contributed by atoms with Gasteiger partial charge in [-0.1, -0.05) is 6.07 Å². The van der Waals surface area contributed by atoms with E-state index in [0.717, 1.165) is 12.8 Å². The van der Waals surface area contributed by atoms with E-state index < -0.39 is 12.7 Å². The highest BCUT2D eigenvalue weighted by molar-refractivity contribution is 5.30. The Morgan fingerprint density at radius 3 is 2.72 bits per heavy atom. The Morgan fingerprint density at radius 1 is 1.44 bits per heavy atom. The maximum Gasteiger partial charge on any atom is 0.401 e. The minimum absolute atomic E-state index is 0.0154. The van der Waals surface area contributed by atoms with Gasteiger partial charge in [0.05, 0.1) is 6.54 Å². The van der Waals surface area contributed by atoms with Crippen molar-refractivity contribution in [2.24, 2.45) is 0 Å². The van der Waals surface area contributed by atoms with Crippen molar-refractivity contribution in [3.05, 3.63) is 29.6 Å². The molecule has 1 aliphatic rings. The topological polar surface area (TPSA) is 39.9 Å². The number of halogens is 3. The zero-order valence-corrected chi connectivity index (χ0v) is 9.61. The van der Waals surface area contributed by atoms with Crippen LogP contribution in [0, 0.1) is 11.3 Å². The second-order valence-corrected chi connectivity index (χ2v) is 4.37. The zero-order chi connectivity index (χ0) is 13.2. The number of nitriles is 1. The molecule has 0 saturated heterocycles. The number of hydrogen-bond donors (Lipinski definition) is 0. The lowest BCUT2D eigenvalue weighted by Gasteiger charge is -2.23. The number of aromatic nitrogens is 1. The Bertz CT molecular complexity index is 460. The van der Waals surface area contributed by atoms with Gasteiger partial charge in [-0.15, -0.1) is 0 Å². The van der Waals surface area contributed by atoms with Crippen LogP contribution in [0.4, 0.5) is 13.2 Å². The van der Waals surface area contributed by atoms with Crippen LogP contribution in [0.15, 0.2) is 18.3 Å². The van der Waals surface area contributed by atoms with Crippen LogP contribution < -0.4 is 0 Å². The van der Waals surface area contributed by atoms with Crippen LogP contribution >= 0.6 is 0 Å². The number of rotatable bonds is 4. The molecular weight excluding hydrogens is 243 g/mol. The molecule has 1 aromatic rings. The van der Waals surface area contributed by atoms with E-state index in [1.807, 2.05) is 6.07 Å². The maximum atomic E-state index is 12.5. The van der Waals surface area contributed by atoms with Crippen LogP contribution in [0.2, 0.25) is 0 Å². The lowest BCUT2D eigenvalue weighted by molar-refractivity contribution is -0.148. The van der Waals surface area contributed by atoms with Gasteiger partial charge in [0, 0.05) is 24.3 Å². The molecule has 0 bridgehead atoms. The highest BCUT2D eigenvalue weighted by Crippen LogP contribution is 2.31. The average Bonchev–Trinajstić information content (AvgIpc) is 3.11. The van der Waals surface area contributed by atoms with E-state index in [-0.39, 0.29) is 18.3 Å². The Balaban J connectivity index is 2.11. The van der Waals surface area contributed by atoms with Crippen LogP contribution in [-0.2, 0) is 6.54 Å². The first kappa shape index (κ1) is 12.8. The number of alkyl halides is 3. The molecule has 1 aromatic heterocycles. The van der Waals surface area contributed by atoms with E-state index in [2.05, 4.69) is 4.98 Å². The Morgan fingerprint density at radius 2 is 2.17 bits per heavy atom. The average molecular weight is 255 g/mol. The summed E-state index contributed by atoms with van der Waals surface area (Å²) in [5.41, 5.74) is 0.751. The van der Waals surface area contributed by atoms with E-state index in [9.17, 15) is 13.2 Å². The van der Waals surface area contributed by atoms with Crippen molar-refractivity contribution < 1.29 is 13.2 Å². The summed E-state index contributed by atoms with van der Waals surface area (Å²) in [5.74, 6) is 0. The van der Waals surface area contributed by atoms with E-state index >= 15 is 0 Å². The molecule has 1 heterocycles. The largest absolute Gasteiger partial charge is 0.401 e. The first-order valence-corrected chi connectivity index (χ1v) is 5.64. The summed E-state index contributed by atoms with van der Waals surface area (Å²) < 4.78 is 37.4. The first-order chi connectivity index (χ1) is 8.49. The van der Waals surface area contributed by atoms with Crippen molar-refractivity contribution in [1.82, 2.24) is 9.88 Å². The van der Waals surface area contributed by atoms with Crippen LogP contribution in [0.3, 0.4) is 0 Å². The van der Waals surface area contributed by atoms with E-state index in [0.29, 0.717) is 5.56 Å². The molecule has 0 spiro atoms. The number of nitrogens with zero attached hydrogens (tertiary/aromatic N) is 3. The van der Waals surface area contributed by atoms with Gasteiger partial charge in [-0.3, -0.25) is 4.90 Å². The minimum Gasteiger partial charge on any atom is -0.288 e. The molecule has 0 N–H and O–H groups in total. The predicted octanol–water partition coefficient (Wildman–Crippen LogP) is 2.48. The molecule has 1 fully saturated rings. The summed E-state index contributed by atoms with van der Waals surface area (Å²) in [6.45, 7) is -0.807. The van der Waals surface area contributed by atoms with Crippen molar-refractivity contribution in [3.8, 4) is 6.07 Å². The summed E-state index contributed by atoms with van der Waals surface area (Å²) in [6.07, 6.45) is -1.17. The highest BCUT2D eigenvalue weighted by atomic mass is 19.4. The van der Waals surface area contributed by atoms with Gasteiger partial charge in [-0.2, -0.15) is 18.4 Å². The van der Waals surface area contributed by atoms with Crippen molar-refractivity contribution in [2.45, 2.75) is 31.6 Å². The third-order valence-corrected chi connectivity index (χ3v) is 2.82. The van der Waals surface area contributed by atoms with Gasteiger partial charge >= 0.3 is 6.18 Å². The molecule has 1 saturated carbocycles. The number of hydrogen-bond acceptors (Lipinski definition) is 3. The van der Waals surface area contributed by atoms with Gasteiger partial charge in [0.2, 0.25) is 0 Å². The third kappa shape index (κ3) is 3.44. The van der Waals surface area contributed by atoms with E-state index in [4.69, 9.17) is 5.26 Å². The van der Waals surface area contributed by atoms with Gasteiger partial charge in [-0.05, 0) is 18.9 Å². The molecule has 18 heavy (non-hydrogen) atoms. The quantitative estimate of drug-likeness (QED) is 0.829. The van der Waals surface area contributed by atoms with E-state index in [1.165, 1.54) is 11.1 Å². The lowest BCUT2D eigenvalue weighted by Crippen LogP contribution is -2.35. The minimum atomic E-state index is -4.21. The van der Waals surface area contributed by atoms with Crippen molar-refractivity contribution >= 4 is 0 Å². The van der Waals surface area contributed by atoms with Crippen molar-refractivity contribution in [2.75, 3.05) is 6.54 Å². The normalized spacial score (nSPS) is 15.7. The smallest absolute Gasteiger partial charge is 0.288 e. The molecule has 0 unspecified atom stereocenters. The molecule has 6 heteroatoms. The molecule has 0 aromatic carbocycles. The van der Waals surface area contributed by atoms with Gasteiger partial charge in [-0.25, -0.2) is 4.98 Å². The second kappa shape index (κ2) is 4.94. The van der Waals surface area contributed by atoms with Crippen LogP contribution in [0.5, 0.6) is 0 Å². The Kier molecular flexibility index (Phi) is 3.53. The fourth-order valence-corrected chi connectivity index (χ4v) is 1.87. The van der Waals surface area contributed by atoms with Crippen LogP contribution in [0.1, 0.15) is 24.1 Å². The maximum absolute atomic E-state index is 12.5. The molecule has 1 aliphatic carbocycles. The molecule has 0 aliphatic heterocycles. The molecule has 3 nitrogen and oxygen atoms in total. The van der Waals surface area contributed by atoms with Crippen molar-refractivity contribution in [1.29, 1.82) is 5.26 Å². The molecule has 2 rings (SSSR count). The summed E-state index contributed by atoms with van der Waals surface area (Å²) >= 11 is 0. The fourth-order valence-electron chi connectivity index (χ4n) is 1.87. The third-order valence-electron chi connectivity index (χ3n) is 2.82. The van der Waals surface area contributed by atoms with Gasteiger partial charge in [0.15, 0.2) is 0 Å². The summed E-state index contributed by atoms with van der Waals surface area (Å²) in [6, 6.07) is 5.17. The monoisotopic (exact) mass is 255 g/mol. The SMILES string of the molecule is N#Cc1ncccc1CN(CC(F)(F)F)C1CC1. The molecule has 0 atom stereocenters. The van der Waals surface area contributed by atoms with Crippen LogP contribution in [0.25, 0.3) is 0 Å². The van der Waals surface area contributed by atoms with Crippen LogP contribution in [-0.4, -0.2) is 28.6 Å². The Hall–Kier alpha value is -1.61. The highest BCUT2D eigenvalue weighted by Gasteiger charge is 2.38. The molecule has 96 valence electrons. The first-order valence-electron chi connectivity index (χ1n) is 5.64. The van der Waals surface area contributed by atoms with Crippen molar-refractivity contribution in [3.63, 3.8) is 0 Å². The fraction of sp³-hybridized carbons (Fsp3) is 0.500. The predicted molar refractivity (Wildman–Crippen MR) is 58.4 cm³/mol. The van der Waals surface area contributed by atoms with E-state index in [1.54, 1.807) is 12.1 Å². The van der Waals surface area contributed by atoms with Gasteiger partial charge in [0.25, 0.3) is 0 Å². The second-order valence-electron chi connectivity index (χ2n) is 4.37. The lowest BCUT2D eigenvalue weighted by atomic mass is 10.2. The standard InChI is InChI=1S/C12H12F3N3/c13-12(14,15)8-18(10-3-4-10)7-9-2-1-5-17-11(9)6-16/h1-2,5,10H,3-4,7-8H2. The summed E-state index contributed by atoms with van der Waals surface area (Å²) in [4.78, 5) is 5.23. The Labute approximate surface area is 103 Å². The van der Waals surface area contributed by atoms with Gasteiger partial charge < -0.3 is 0 Å². The number of pyridine rings is 1. The summed E-state index contributed by atoms with van der Waals surface area (Å²) in [7, 11) is 0. The molecule has 0 amide bonds. The summed E-state index contributed by atoms with van der Waals surface area (Å²) in [5, 5.41) is 8.86. The zero-order valence-electron chi connectivity index (χ0n) is 9.61. The molecular formula is C12H12F3N3. The van der Waals surface area contributed by atoms with Gasteiger partial charge in [0.1, 0.15) is 11.8 Å². The molecule has 0 radical (unpaired) electrons.